The standard InChI is InChI=1S/C20H32N6O2/c1-16(19(27)25-9-4-5-10-25)24-11-13-26(14-12-24)20(21-2)23-15-17-7-6-8-22-18(17)28-3/h6-8,16H,4-5,9-15H2,1-3H3,(H,21,23). The van der Waals surface area contributed by atoms with Crippen molar-refractivity contribution in [2.24, 2.45) is 4.99 Å². The zero-order valence-corrected chi connectivity index (χ0v) is 17.2. The number of guanidine groups is 1. The number of methoxy groups -OCH3 is 1. The van der Waals surface area contributed by atoms with Crippen LogP contribution in [0.4, 0.5) is 0 Å². The fraction of sp³-hybridized carbons (Fsp3) is 0.650. The van der Waals surface area contributed by atoms with Gasteiger partial charge in [-0.15, -0.1) is 0 Å². The van der Waals surface area contributed by atoms with E-state index in [0.29, 0.717) is 12.4 Å². The fourth-order valence-electron chi connectivity index (χ4n) is 3.93. The highest BCUT2D eigenvalue weighted by molar-refractivity contribution is 5.82. The second-order valence-corrected chi connectivity index (χ2v) is 7.30. The van der Waals surface area contributed by atoms with Gasteiger partial charge in [0.2, 0.25) is 11.8 Å². The maximum absolute atomic E-state index is 12.7. The number of nitrogens with zero attached hydrogens (tertiary/aromatic N) is 5. The number of likely N-dealkylation sites (tertiary alicyclic amines) is 1. The second-order valence-electron chi connectivity index (χ2n) is 7.30. The van der Waals surface area contributed by atoms with Crippen LogP contribution in [0.3, 0.4) is 0 Å². The number of ether oxygens (including phenoxy) is 1. The van der Waals surface area contributed by atoms with Crippen LogP contribution in [-0.2, 0) is 11.3 Å². The van der Waals surface area contributed by atoms with Crippen molar-refractivity contribution in [3.05, 3.63) is 23.9 Å². The maximum atomic E-state index is 12.7. The van der Waals surface area contributed by atoms with E-state index in [1.807, 2.05) is 24.0 Å². The average Bonchev–Trinajstić information content (AvgIpc) is 3.29. The summed E-state index contributed by atoms with van der Waals surface area (Å²) in [5, 5.41) is 3.40. The number of carbonyl (C=O) groups excluding carboxylic acids is 1. The summed E-state index contributed by atoms with van der Waals surface area (Å²) in [6.07, 6.45) is 3.99. The number of hydrogen-bond acceptors (Lipinski definition) is 5. The van der Waals surface area contributed by atoms with Crippen LogP contribution in [0.5, 0.6) is 5.88 Å². The summed E-state index contributed by atoms with van der Waals surface area (Å²) in [6, 6.07) is 3.85. The Morgan fingerprint density at radius 3 is 2.57 bits per heavy atom. The molecule has 0 radical (unpaired) electrons. The lowest BCUT2D eigenvalue weighted by Gasteiger charge is -2.39. The Labute approximate surface area is 167 Å². The Kier molecular flexibility index (Phi) is 7.08. The molecular weight excluding hydrogens is 356 g/mol. The first-order valence-electron chi connectivity index (χ1n) is 10.1. The van der Waals surface area contributed by atoms with Gasteiger partial charge >= 0.3 is 0 Å². The van der Waals surface area contributed by atoms with Gasteiger partial charge in [0.05, 0.1) is 13.2 Å². The number of rotatable bonds is 5. The third kappa shape index (κ3) is 4.73. The molecule has 1 aromatic rings. The van der Waals surface area contributed by atoms with Crippen LogP contribution < -0.4 is 10.1 Å². The smallest absolute Gasteiger partial charge is 0.239 e. The first kappa shape index (κ1) is 20.4. The topological polar surface area (TPSA) is 73.3 Å². The molecule has 28 heavy (non-hydrogen) atoms. The molecule has 1 unspecified atom stereocenters. The van der Waals surface area contributed by atoms with Gasteiger partial charge in [0.1, 0.15) is 0 Å². The lowest BCUT2D eigenvalue weighted by molar-refractivity contribution is -0.135. The first-order chi connectivity index (χ1) is 13.6. The van der Waals surface area contributed by atoms with E-state index < -0.39 is 0 Å². The van der Waals surface area contributed by atoms with E-state index >= 15 is 0 Å². The summed E-state index contributed by atoms with van der Waals surface area (Å²) in [4.78, 5) is 27.9. The number of piperazine rings is 1. The molecule has 0 saturated carbocycles. The third-order valence-corrected chi connectivity index (χ3v) is 5.63. The highest BCUT2D eigenvalue weighted by Crippen LogP contribution is 2.15. The van der Waals surface area contributed by atoms with Gasteiger partial charge in [-0.05, 0) is 25.8 Å². The van der Waals surface area contributed by atoms with Gasteiger partial charge in [-0.25, -0.2) is 4.98 Å². The largest absolute Gasteiger partial charge is 0.481 e. The van der Waals surface area contributed by atoms with Crippen molar-refractivity contribution in [2.75, 3.05) is 53.4 Å². The molecule has 0 spiro atoms. The Morgan fingerprint density at radius 2 is 1.93 bits per heavy atom. The van der Waals surface area contributed by atoms with Gasteiger partial charge in [0.15, 0.2) is 5.96 Å². The van der Waals surface area contributed by atoms with Crippen LogP contribution in [-0.4, -0.2) is 91.0 Å². The van der Waals surface area contributed by atoms with E-state index in [-0.39, 0.29) is 11.9 Å². The summed E-state index contributed by atoms with van der Waals surface area (Å²) >= 11 is 0. The highest BCUT2D eigenvalue weighted by atomic mass is 16.5. The maximum Gasteiger partial charge on any atom is 0.239 e. The van der Waals surface area contributed by atoms with Gasteiger partial charge < -0.3 is 19.9 Å². The molecule has 2 aliphatic rings. The third-order valence-electron chi connectivity index (χ3n) is 5.63. The molecule has 0 aromatic carbocycles. The molecule has 2 saturated heterocycles. The Balaban J connectivity index is 1.50. The molecule has 0 aliphatic carbocycles. The normalized spacial score (nSPS) is 19.6. The summed E-state index contributed by atoms with van der Waals surface area (Å²) in [6.45, 7) is 7.89. The van der Waals surface area contributed by atoms with E-state index in [4.69, 9.17) is 4.74 Å². The van der Waals surface area contributed by atoms with Crippen LogP contribution >= 0.6 is 0 Å². The van der Waals surface area contributed by atoms with E-state index in [0.717, 1.165) is 63.6 Å². The predicted molar refractivity (Wildman–Crippen MR) is 109 cm³/mol. The van der Waals surface area contributed by atoms with E-state index in [2.05, 4.69) is 25.1 Å². The zero-order valence-electron chi connectivity index (χ0n) is 17.2. The molecule has 1 N–H and O–H groups in total. The van der Waals surface area contributed by atoms with Gasteiger partial charge in [-0.1, -0.05) is 6.07 Å². The molecule has 1 atom stereocenters. The Bertz CT molecular complexity index is 681. The number of amides is 1. The summed E-state index contributed by atoms with van der Waals surface area (Å²) < 4.78 is 5.31. The zero-order chi connectivity index (χ0) is 19.9. The SMILES string of the molecule is CN=C(NCc1cccnc1OC)N1CCN(C(C)C(=O)N2CCCC2)CC1. The minimum atomic E-state index is -0.0464. The van der Waals surface area contributed by atoms with E-state index in [1.54, 1.807) is 20.4 Å². The van der Waals surface area contributed by atoms with Crippen LogP contribution in [0.1, 0.15) is 25.3 Å². The number of aromatic nitrogens is 1. The van der Waals surface area contributed by atoms with Crippen LogP contribution in [0.2, 0.25) is 0 Å². The number of nitrogens with one attached hydrogen (secondary N) is 1. The predicted octanol–water partition coefficient (Wildman–Crippen LogP) is 0.794. The van der Waals surface area contributed by atoms with Crippen LogP contribution in [0.15, 0.2) is 23.3 Å². The molecule has 0 bridgehead atoms. The Morgan fingerprint density at radius 1 is 1.21 bits per heavy atom. The van der Waals surface area contributed by atoms with Gasteiger partial charge in [-0.3, -0.25) is 14.7 Å². The van der Waals surface area contributed by atoms with Crippen molar-refractivity contribution < 1.29 is 9.53 Å². The van der Waals surface area contributed by atoms with Gasteiger partial charge in [0, 0.05) is 64.6 Å². The lowest BCUT2D eigenvalue weighted by atomic mass is 10.2. The van der Waals surface area contributed by atoms with Crippen molar-refractivity contribution in [3.63, 3.8) is 0 Å². The number of hydrogen-bond donors (Lipinski definition) is 1. The lowest BCUT2D eigenvalue weighted by Crippen LogP contribution is -2.57. The van der Waals surface area contributed by atoms with Crippen molar-refractivity contribution in [1.82, 2.24) is 25.0 Å². The number of carbonyl (C=O) groups is 1. The average molecular weight is 389 g/mol. The minimum absolute atomic E-state index is 0.0464. The molecule has 2 fully saturated rings. The molecular formula is C20H32N6O2. The molecule has 8 heteroatoms. The second kappa shape index (κ2) is 9.73. The van der Waals surface area contributed by atoms with E-state index in [1.165, 1.54) is 0 Å². The number of aliphatic imine (C=N–C) groups is 1. The van der Waals surface area contributed by atoms with E-state index in [9.17, 15) is 4.79 Å². The summed E-state index contributed by atoms with van der Waals surface area (Å²) in [7, 11) is 3.43. The van der Waals surface area contributed by atoms with Crippen molar-refractivity contribution in [3.8, 4) is 5.88 Å². The molecule has 1 aromatic heterocycles. The summed E-state index contributed by atoms with van der Waals surface area (Å²) in [5.41, 5.74) is 0.995. The van der Waals surface area contributed by atoms with Gasteiger partial charge in [0.25, 0.3) is 0 Å². The molecule has 154 valence electrons. The molecule has 1 amide bonds. The minimum Gasteiger partial charge on any atom is -0.481 e. The van der Waals surface area contributed by atoms with Crippen molar-refractivity contribution in [2.45, 2.75) is 32.4 Å². The molecule has 3 heterocycles. The molecule has 8 nitrogen and oxygen atoms in total. The van der Waals surface area contributed by atoms with Crippen LogP contribution in [0, 0.1) is 0 Å². The quantitative estimate of drug-likeness (QED) is 0.594. The molecule has 2 aliphatic heterocycles. The number of pyridine rings is 1. The van der Waals surface area contributed by atoms with Crippen molar-refractivity contribution in [1.29, 1.82) is 0 Å². The monoisotopic (exact) mass is 388 g/mol. The summed E-state index contributed by atoms with van der Waals surface area (Å²) in [5.74, 6) is 1.77. The fourth-order valence-corrected chi connectivity index (χ4v) is 3.93. The first-order valence-corrected chi connectivity index (χ1v) is 10.1. The highest BCUT2D eigenvalue weighted by Gasteiger charge is 2.30. The van der Waals surface area contributed by atoms with Crippen molar-refractivity contribution >= 4 is 11.9 Å². The Hall–Kier alpha value is -2.35. The molecule has 3 rings (SSSR count). The van der Waals surface area contributed by atoms with Gasteiger partial charge in [-0.2, -0.15) is 0 Å². The van der Waals surface area contributed by atoms with Crippen LogP contribution in [0.25, 0.3) is 0 Å².